The van der Waals surface area contributed by atoms with E-state index in [4.69, 9.17) is 0 Å². The first kappa shape index (κ1) is 11.9. The minimum Gasteiger partial charge on any atom is -0.356 e. The minimum atomic E-state index is -0.00716. The van der Waals surface area contributed by atoms with Gasteiger partial charge in [0, 0.05) is 13.5 Å². The maximum absolute atomic E-state index is 10.8. The Labute approximate surface area is 79.2 Å². The van der Waals surface area contributed by atoms with Gasteiger partial charge in [-0.1, -0.05) is 6.08 Å². The van der Waals surface area contributed by atoms with E-state index in [-0.39, 0.29) is 11.7 Å². The second-order valence-corrected chi connectivity index (χ2v) is 3.07. The molecule has 74 valence electrons. The molecule has 0 heterocycles. The number of ketones is 1. The fraction of sp³-hybridized carbons (Fsp3) is 0.600. The number of rotatable bonds is 5. The molecule has 3 heteroatoms. The molecule has 0 aromatic rings. The molecule has 0 radical (unpaired) electrons. The van der Waals surface area contributed by atoms with Crippen molar-refractivity contribution in [2.45, 2.75) is 33.6 Å². The van der Waals surface area contributed by atoms with Gasteiger partial charge in [0.15, 0.2) is 5.78 Å². The highest BCUT2D eigenvalue weighted by molar-refractivity contribution is 5.92. The van der Waals surface area contributed by atoms with E-state index in [1.165, 1.54) is 6.92 Å². The predicted molar refractivity (Wildman–Crippen MR) is 52.4 cm³/mol. The third kappa shape index (κ3) is 7.25. The first-order valence-corrected chi connectivity index (χ1v) is 4.46. The van der Waals surface area contributed by atoms with Crippen molar-refractivity contribution in [2.75, 3.05) is 6.54 Å². The number of amides is 1. The summed E-state index contributed by atoms with van der Waals surface area (Å²) in [6.45, 7) is 5.54. The molecule has 3 nitrogen and oxygen atoms in total. The van der Waals surface area contributed by atoms with Gasteiger partial charge in [-0.25, -0.2) is 0 Å². The van der Waals surface area contributed by atoms with Crippen LogP contribution in [0.3, 0.4) is 0 Å². The molecular weight excluding hydrogens is 166 g/mol. The maximum atomic E-state index is 10.8. The third-order valence-corrected chi connectivity index (χ3v) is 1.76. The molecule has 0 fully saturated rings. The van der Waals surface area contributed by atoms with Crippen LogP contribution in [0.15, 0.2) is 11.6 Å². The van der Waals surface area contributed by atoms with Gasteiger partial charge in [-0.15, -0.1) is 0 Å². The standard InChI is InChI=1S/C10H17NO2/c1-8(9(2)12)6-4-5-7-11-10(3)13/h6H,4-5,7H2,1-3H3,(H,11,13)/b8-6+. The van der Waals surface area contributed by atoms with Crippen LogP contribution < -0.4 is 5.32 Å². The zero-order valence-electron chi connectivity index (χ0n) is 8.52. The van der Waals surface area contributed by atoms with Gasteiger partial charge in [0.1, 0.15) is 0 Å². The number of hydrogen-bond acceptors (Lipinski definition) is 2. The van der Waals surface area contributed by atoms with Crippen LogP contribution in [0.25, 0.3) is 0 Å². The number of carbonyl (C=O) groups excluding carboxylic acids is 2. The topological polar surface area (TPSA) is 46.2 Å². The number of Topliss-reactive ketones (excluding diaryl/α,β-unsaturated/α-hetero) is 1. The fourth-order valence-electron chi connectivity index (χ4n) is 0.829. The smallest absolute Gasteiger partial charge is 0.216 e. The molecule has 0 unspecified atom stereocenters. The summed E-state index contributed by atoms with van der Waals surface area (Å²) in [6, 6.07) is 0. The quantitative estimate of drug-likeness (QED) is 0.518. The first-order chi connectivity index (χ1) is 6.04. The van der Waals surface area contributed by atoms with Crippen LogP contribution in [0.4, 0.5) is 0 Å². The Bertz CT molecular complexity index is 219. The third-order valence-electron chi connectivity index (χ3n) is 1.76. The highest BCUT2D eigenvalue weighted by Crippen LogP contribution is 1.98. The van der Waals surface area contributed by atoms with Crippen molar-refractivity contribution in [1.29, 1.82) is 0 Å². The van der Waals surface area contributed by atoms with Gasteiger partial charge in [-0.2, -0.15) is 0 Å². The average molecular weight is 183 g/mol. The number of carbonyl (C=O) groups is 2. The Morgan fingerprint density at radius 1 is 1.23 bits per heavy atom. The van der Waals surface area contributed by atoms with Gasteiger partial charge in [-0.05, 0) is 32.3 Å². The summed E-state index contributed by atoms with van der Waals surface area (Å²) in [5.41, 5.74) is 0.794. The lowest BCUT2D eigenvalue weighted by atomic mass is 10.1. The van der Waals surface area contributed by atoms with Crippen molar-refractivity contribution in [1.82, 2.24) is 5.32 Å². The lowest BCUT2D eigenvalue weighted by Crippen LogP contribution is -2.20. The van der Waals surface area contributed by atoms with E-state index in [1.807, 2.05) is 6.08 Å². The Hall–Kier alpha value is -1.12. The van der Waals surface area contributed by atoms with Crippen LogP contribution in [0, 0.1) is 0 Å². The van der Waals surface area contributed by atoms with Crippen molar-refractivity contribution >= 4 is 11.7 Å². The predicted octanol–water partition coefficient (Wildman–Crippen LogP) is 1.44. The minimum absolute atomic E-state index is 0.00716. The molecule has 0 aliphatic carbocycles. The lowest BCUT2D eigenvalue weighted by molar-refractivity contribution is -0.119. The second kappa shape index (κ2) is 6.40. The van der Waals surface area contributed by atoms with Crippen LogP contribution in [0.5, 0.6) is 0 Å². The Morgan fingerprint density at radius 2 is 1.85 bits per heavy atom. The summed E-state index contributed by atoms with van der Waals surface area (Å²) >= 11 is 0. The molecule has 0 rings (SSSR count). The van der Waals surface area contributed by atoms with Gasteiger partial charge < -0.3 is 5.32 Å². The van der Waals surface area contributed by atoms with E-state index in [9.17, 15) is 9.59 Å². The van der Waals surface area contributed by atoms with Gasteiger partial charge in [0.2, 0.25) is 5.91 Å². The van der Waals surface area contributed by atoms with Crippen LogP contribution >= 0.6 is 0 Å². The van der Waals surface area contributed by atoms with Crippen LogP contribution in [0.2, 0.25) is 0 Å². The Balaban J connectivity index is 3.50. The molecule has 1 N–H and O–H groups in total. The number of hydrogen-bond donors (Lipinski definition) is 1. The molecule has 0 saturated heterocycles. The number of allylic oxidation sites excluding steroid dienone is 2. The van der Waals surface area contributed by atoms with Crippen molar-refractivity contribution in [2.24, 2.45) is 0 Å². The molecular formula is C10H17NO2. The molecule has 0 aliphatic heterocycles. The Kier molecular flexibility index (Phi) is 5.85. The lowest BCUT2D eigenvalue weighted by Gasteiger charge is -1.99. The molecule has 0 aromatic carbocycles. The van der Waals surface area contributed by atoms with Crippen molar-refractivity contribution in [3.05, 3.63) is 11.6 Å². The van der Waals surface area contributed by atoms with Crippen LogP contribution in [-0.4, -0.2) is 18.2 Å². The summed E-state index contributed by atoms with van der Waals surface area (Å²) < 4.78 is 0. The molecule has 0 aliphatic rings. The molecule has 0 spiro atoms. The molecule has 0 aromatic heterocycles. The van der Waals surface area contributed by atoms with Gasteiger partial charge in [-0.3, -0.25) is 9.59 Å². The van der Waals surface area contributed by atoms with E-state index in [2.05, 4.69) is 5.32 Å². The molecule has 0 saturated carbocycles. The van der Waals surface area contributed by atoms with Gasteiger partial charge in [0.25, 0.3) is 0 Å². The normalized spacial score (nSPS) is 11.2. The average Bonchev–Trinajstić information content (AvgIpc) is 2.02. The second-order valence-electron chi connectivity index (χ2n) is 3.07. The first-order valence-electron chi connectivity index (χ1n) is 4.46. The largest absolute Gasteiger partial charge is 0.356 e. The van der Waals surface area contributed by atoms with Crippen LogP contribution in [-0.2, 0) is 9.59 Å². The summed E-state index contributed by atoms with van der Waals surface area (Å²) in [6.07, 6.45) is 3.63. The summed E-state index contributed by atoms with van der Waals surface area (Å²) in [4.78, 5) is 21.2. The molecule has 1 amide bonds. The summed E-state index contributed by atoms with van der Waals surface area (Å²) in [7, 11) is 0. The Morgan fingerprint density at radius 3 is 2.31 bits per heavy atom. The van der Waals surface area contributed by atoms with Gasteiger partial charge in [0.05, 0.1) is 0 Å². The number of unbranched alkanes of at least 4 members (excludes halogenated alkanes) is 1. The molecule has 0 bridgehead atoms. The zero-order valence-corrected chi connectivity index (χ0v) is 8.52. The maximum Gasteiger partial charge on any atom is 0.216 e. The van der Waals surface area contributed by atoms with Gasteiger partial charge >= 0.3 is 0 Å². The monoisotopic (exact) mass is 183 g/mol. The van der Waals surface area contributed by atoms with E-state index >= 15 is 0 Å². The highest BCUT2D eigenvalue weighted by atomic mass is 16.1. The highest BCUT2D eigenvalue weighted by Gasteiger charge is 1.94. The summed E-state index contributed by atoms with van der Waals surface area (Å²) in [5.74, 6) is 0.104. The number of nitrogens with one attached hydrogen (secondary N) is 1. The van der Waals surface area contributed by atoms with Crippen molar-refractivity contribution in [3.8, 4) is 0 Å². The van der Waals surface area contributed by atoms with Crippen molar-refractivity contribution in [3.63, 3.8) is 0 Å². The SMILES string of the molecule is CC(=O)NCCC/C=C(\C)C(C)=O. The van der Waals surface area contributed by atoms with E-state index in [0.29, 0.717) is 6.54 Å². The van der Waals surface area contributed by atoms with E-state index in [0.717, 1.165) is 18.4 Å². The van der Waals surface area contributed by atoms with Crippen LogP contribution in [0.1, 0.15) is 33.6 Å². The van der Waals surface area contributed by atoms with Crippen molar-refractivity contribution < 1.29 is 9.59 Å². The molecule has 13 heavy (non-hydrogen) atoms. The fourth-order valence-corrected chi connectivity index (χ4v) is 0.829. The zero-order chi connectivity index (χ0) is 10.3. The van der Waals surface area contributed by atoms with E-state index in [1.54, 1.807) is 13.8 Å². The molecule has 0 atom stereocenters. The summed E-state index contributed by atoms with van der Waals surface area (Å²) in [5, 5.41) is 2.70. The van der Waals surface area contributed by atoms with E-state index < -0.39 is 0 Å².